The van der Waals surface area contributed by atoms with Gasteiger partial charge in [-0.1, -0.05) is 49.8 Å². The Kier molecular flexibility index (Phi) is 4.45. The predicted octanol–water partition coefficient (Wildman–Crippen LogP) is 3.08. The van der Waals surface area contributed by atoms with Gasteiger partial charge in [0.15, 0.2) is 0 Å². The molecule has 2 nitrogen and oxygen atoms in total. The first-order valence-electron chi connectivity index (χ1n) is 5.15. The second kappa shape index (κ2) is 4.94. The summed E-state index contributed by atoms with van der Waals surface area (Å²) in [6.07, 6.45) is 3.55. The van der Waals surface area contributed by atoms with Crippen molar-refractivity contribution in [1.82, 2.24) is 5.06 Å². The van der Waals surface area contributed by atoms with Crippen LogP contribution in [0.25, 0.3) is 0 Å². The number of piperidine rings is 1. The van der Waals surface area contributed by atoms with Crippen LogP contribution in [0.4, 0.5) is 0 Å². The van der Waals surface area contributed by atoms with Gasteiger partial charge < -0.3 is 5.21 Å². The van der Waals surface area contributed by atoms with E-state index in [9.17, 15) is 5.21 Å². The van der Waals surface area contributed by atoms with Crippen molar-refractivity contribution in [1.29, 1.82) is 0 Å². The smallest absolute Gasteiger partial charge is 0.0468 e. The minimum atomic E-state index is 0.363. The van der Waals surface area contributed by atoms with Crippen molar-refractivity contribution in [2.45, 2.75) is 56.0 Å². The second-order valence-electron chi connectivity index (χ2n) is 4.37. The Bertz CT molecular complexity index is 145. The quantitative estimate of drug-likeness (QED) is 0.625. The zero-order valence-corrected chi connectivity index (χ0v) is 10.9. The Morgan fingerprint density at radius 2 is 1.77 bits per heavy atom. The molecule has 0 bridgehead atoms. The molecule has 1 N–H and O–H groups in total. The van der Waals surface area contributed by atoms with Gasteiger partial charge in [-0.05, 0) is 18.8 Å². The molecule has 0 aromatic rings. The summed E-state index contributed by atoms with van der Waals surface area (Å²) in [6.45, 7) is 6.55. The van der Waals surface area contributed by atoms with E-state index >= 15 is 0 Å². The average Bonchev–Trinajstić information content (AvgIpc) is 2.03. The van der Waals surface area contributed by atoms with Gasteiger partial charge in [-0.15, -0.1) is 0 Å². The molecule has 13 heavy (non-hydrogen) atoms. The van der Waals surface area contributed by atoms with Gasteiger partial charge >= 0.3 is 0 Å². The zero-order chi connectivity index (χ0) is 10.0. The minimum absolute atomic E-state index is 0.363. The fraction of sp³-hybridized carbons (Fsp3) is 1.00. The van der Waals surface area contributed by atoms with Gasteiger partial charge in [0.1, 0.15) is 0 Å². The Labute approximate surface area is 94.8 Å². The molecule has 3 atom stereocenters. The van der Waals surface area contributed by atoms with Crippen LogP contribution in [0.3, 0.4) is 0 Å². The van der Waals surface area contributed by atoms with Gasteiger partial charge in [0.25, 0.3) is 0 Å². The van der Waals surface area contributed by atoms with Crippen molar-refractivity contribution in [2.24, 2.45) is 5.92 Å². The van der Waals surface area contributed by atoms with E-state index in [4.69, 9.17) is 0 Å². The highest BCUT2D eigenvalue weighted by Gasteiger charge is 2.33. The monoisotopic (exact) mass is 297 g/mol. The molecule has 1 fully saturated rings. The highest BCUT2D eigenvalue weighted by Crippen LogP contribution is 2.29. The van der Waals surface area contributed by atoms with Crippen LogP contribution in [0.15, 0.2) is 0 Å². The molecule has 1 aliphatic rings. The first-order chi connectivity index (χ1) is 6.04. The summed E-state index contributed by atoms with van der Waals surface area (Å²) in [5, 5.41) is 11.6. The summed E-state index contributed by atoms with van der Waals surface area (Å²) >= 11 is 2.41. The molecule has 1 aliphatic heterocycles. The number of hydrogen-bond acceptors (Lipinski definition) is 2. The lowest BCUT2D eigenvalue weighted by Crippen LogP contribution is -2.49. The lowest BCUT2D eigenvalue weighted by molar-refractivity contribution is -0.185. The maximum absolute atomic E-state index is 10.00. The molecule has 0 aromatic heterocycles. The Morgan fingerprint density at radius 3 is 2.23 bits per heavy atom. The molecule has 0 spiro atoms. The Morgan fingerprint density at radius 1 is 1.23 bits per heavy atom. The third-order valence-corrected chi connectivity index (χ3v) is 3.81. The number of rotatable bonds is 2. The van der Waals surface area contributed by atoms with E-state index in [-0.39, 0.29) is 0 Å². The number of alkyl halides is 1. The molecule has 0 saturated carbocycles. The number of hydrogen-bond donors (Lipinski definition) is 1. The molecule has 3 unspecified atom stereocenters. The average molecular weight is 297 g/mol. The lowest BCUT2D eigenvalue weighted by Gasteiger charge is -2.41. The largest absolute Gasteiger partial charge is 0.313 e. The second-order valence-corrected chi connectivity index (χ2v) is 6.33. The predicted molar refractivity (Wildman–Crippen MR) is 63.4 cm³/mol. The molecule has 0 aliphatic carbocycles. The van der Waals surface area contributed by atoms with Gasteiger partial charge in [0.2, 0.25) is 0 Å². The van der Waals surface area contributed by atoms with Crippen molar-refractivity contribution in [3.63, 3.8) is 0 Å². The first kappa shape index (κ1) is 11.7. The van der Waals surface area contributed by atoms with Crippen molar-refractivity contribution in [2.75, 3.05) is 0 Å². The van der Waals surface area contributed by atoms with Crippen molar-refractivity contribution < 1.29 is 5.21 Å². The summed E-state index contributed by atoms with van der Waals surface area (Å²) in [7, 11) is 0. The van der Waals surface area contributed by atoms with Crippen LogP contribution in [-0.4, -0.2) is 26.3 Å². The van der Waals surface area contributed by atoms with Crippen molar-refractivity contribution in [3.05, 3.63) is 0 Å². The third kappa shape index (κ3) is 2.80. The molecular weight excluding hydrogens is 277 g/mol. The maximum atomic E-state index is 10.00. The van der Waals surface area contributed by atoms with Crippen LogP contribution in [0.1, 0.15) is 40.0 Å². The molecule has 1 rings (SSSR count). The van der Waals surface area contributed by atoms with Gasteiger partial charge in [0.05, 0.1) is 0 Å². The molecule has 3 heteroatoms. The Balaban J connectivity index is 2.60. The number of halogens is 1. The van der Waals surface area contributed by atoms with E-state index in [0.29, 0.717) is 21.9 Å². The summed E-state index contributed by atoms with van der Waals surface area (Å²) < 4.78 is 0.532. The van der Waals surface area contributed by atoms with Crippen LogP contribution < -0.4 is 0 Å². The van der Waals surface area contributed by atoms with Gasteiger partial charge in [0, 0.05) is 16.0 Å². The Hall–Kier alpha value is 0.650. The molecular formula is C10H20INO. The molecule has 1 heterocycles. The third-order valence-electron chi connectivity index (χ3n) is 2.98. The van der Waals surface area contributed by atoms with Crippen molar-refractivity contribution in [3.8, 4) is 0 Å². The molecule has 1 saturated heterocycles. The molecule has 78 valence electrons. The summed E-state index contributed by atoms with van der Waals surface area (Å²) in [6, 6.07) is 0.734. The zero-order valence-electron chi connectivity index (χ0n) is 8.70. The van der Waals surface area contributed by atoms with E-state index in [2.05, 4.69) is 43.4 Å². The standard InChI is InChI=1S/C10H20INO/c1-7(2)9-5-4-6-10(8(3)11)12(9)13/h7-10,13H,4-6H2,1-3H3. The van der Waals surface area contributed by atoms with E-state index in [1.54, 1.807) is 5.06 Å². The van der Waals surface area contributed by atoms with Crippen LogP contribution >= 0.6 is 22.6 Å². The van der Waals surface area contributed by atoms with Crippen LogP contribution in [0.5, 0.6) is 0 Å². The van der Waals surface area contributed by atoms with Crippen LogP contribution in [0.2, 0.25) is 0 Å². The first-order valence-corrected chi connectivity index (χ1v) is 6.40. The van der Waals surface area contributed by atoms with Crippen molar-refractivity contribution >= 4 is 22.6 Å². The summed E-state index contributed by atoms with van der Waals surface area (Å²) in [4.78, 5) is 0. The topological polar surface area (TPSA) is 23.5 Å². The van der Waals surface area contributed by atoms with E-state index in [1.807, 2.05) is 0 Å². The van der Waals surface area contributed by atoms with Gasteiger partial charge in [-0.2, -0.15) is 5.06 Å². The highest BCUT2D eigenvalue weighted by atomic mass is 127. The lowest BCUT2D eigenvalue weighted by atomic mass is 9.90. The van der Waals surface area contributed by atoms with E-state index in [1.165, 1.54) is 6.42 Å². The van der Waals surface area contributed by atoms with Crippen LogP contribution in [-0.2, 0) is 0 Å². The van der Waals surface area contributed by atoms with Gasteiger partial charge in [-0.25, -0.2) is 0 Å². The van der Waals surface area contributed by atoms with Gasteiger partial charge in [-0.3, -0.25) is 0 Å². The summed E-state index contributed by atoms with van der Waals surface area (Å²) in [5.74, 6) is 0.558. The number of hydroxylamine groups is 2. The van der Waals surface area contributed by atoms with Crippen LogP contribution in [0, 0.1) is 5.92 Å². The normalized spacial score (nSPS) is 33.7. The molecule has 0 amide bonds. The summed E-state index contributed by atoms with van der Waals surface area (Å²) in [5.41, 5.74) is 0. The minimum Gasteiger partial charge on any atom is -0.313 e. The maximum Gasteiger partial charge on any atom is 0.0468 e. The fourth-order valence-corrected chi connectivity index (χ4v) is 2.81. The van der Waals surface area contributed by atoms with E-state index in [0.717, 1.165) is 12.8 Å². The SMILES string of the molecule is CC(C)C1CCCC(C(C)I)N1O. The fourth-order valence-electron chi connectivity index (χ4n) is 2.13. The highest BCUT2D eigenvalue weighted by molar-refractivity contribution is 14.1. The molecule has 0 aromatic carbocycles. The number of nitrogens with zero attached hydrogens (tertiary/aromatic N) is 1. The van der Waals surface area contributed by atoms with E-state index < -0.39 is 0 Å². The molecule has 0 radical (unpaired) electrons.